The van der Waals surface area contributed by atoms with Crippen LogP contribution in [0.5, 0.6) is 0 Å². The van der Waals surface area contributed by atoms with Crippen LogP contribution < -0.4 is 0 Å². The number of benzene rings is 2. The zero-order chi connectivity index (χ0) is 14.2. The molecule has 0 saturated carbocycles. The molecule has 4 heteroatoms. The molecule has 0 amide bonds. The Kier molecular flexibility index (Phi) is 4.72. The molecule has 0 heterocycles. The van der Waals surface area contributed by atoms with E-state index in [1.54, 1.807) is 12.1 Å². The molecule has 0 radical (unpaired) electrons. The molecule has 2 rings (SSSR count). The van der Waals surface area contributed by atoms with E-state index < -0.39 is 6.10 Å². The summed E-state index contributed by atoms with van der Waals surface area (Å²) in [6, 6.07) is 9.49. The number of hydrogen-bond acceptors (Lipinski definition) is 1. The van der Waals surface area contributed by atoms with Crippen LogP contribution in [0.3, 0.4) is 0 Å². The molecule has 100 valence electrons. The van der Waals surface area contributed by atoms with Gasteiger partial charge in [0, 0.05) is 14.0 Å². The molecule has 0 saturated heterocycles. The van der Waals surface area contributed by atoms with Gasteiger partial charge in [0.25, 0.3) is 0 Å². The SMILES string of the molecule is Cc1cc(C(O)c2cc(Cl)cc(Br)c2)c(C)cc1Br. The van der Waals surface area contributed by atoms with E-state index >= 15 is 0 Å². The standard InChI is InChI=1S/C15H13Br2ClO/c1-8-4-14(17)9(2)3-13(8)15(19)10-5-11(16)7-12(18)6-10/h3-7,15,19H,1-2H3. The minimum absolute atomic E-state index is 0.606. The monoisotopic (exact) mass is 402 g/mol. The van der Waals surface area contributed by atoms with Gasteiger partial charge in [-0.25, -0.2) is 0 Å². The number of rotatable bonds is 2. The topological polar surface area (TPSA) is 20.2 Å². The molecule has 0 aliphatic heterocycles. The summed E-state index contributed by atoms with van der Waals surface area (Å²) in [4.78, 5) is 0. The summed E-state index contributed by atoms with van der Waals surface area (Å²) in [5.74, 6) is 0. The molecular formula is C15H13Br2ClO. The van der Waals surface area contributed by atoms with E-state index in [4.69, 9.17) is 11.6 Å². The fourth-order valence-electron chi connectivity index (χ4n) is 2.01. The third kappa shape index (κ3) is 3.40. The fourth-order valence-corrected chi connectivity index (χ4v) is 3.35. The summed E-state index contributed by atoms with van der Waals surface area (Å²) in [5, 5.41) is 11.1. The summed E-state index contributed by atoms with van der Waals surface area (Å²) in [6.07, 6.45) is -0.679. The van der Waals surface area contributed by atoms with Crippen molar-refractivity contribution in [2.75, 3.05) is 0 Å². The van der Waals surface area contributed by atoms with Gasteiger partial charge in [0.05, 0.1) is 0 Å². The Balaban J connectivity index is 2.49. The molecule has 0 aliphatic carbocycles. The van der Waals surface area contributed by atoms with E-state index in [0.29, 0.717) is 5.02 Å². The quantitative estimate of drug-likeness (QED) is 0.694. The van der Waals surface area contributed by atoms with Crippen molar-refractivity contribution in [2.24, 2.45) is 0 Å². The van der Waals surface area contributed by atoms with Crippen LogP contribution in [-0.4, -0.2) is 5.11 Å². The number of hydrogen-bond donors (Lipinski definition) is 1. The lowest BCUT2D eigenvalue weighted by Crippen LogP contribution is -2.03. The first-order valence-electron chi connectivity index (χ1n) is 5.79. The molecule has 1 N–H and O–H groups in total. The highest BCUT2D eigenvalue weighted by Gasteiger charge is 2.15. The van der Waals surface area contributed by atoms with Crippen LogP contribution in [0, 0.1) is 13.8 Å². The van der Waals surface area contributed by atoms with E-state index in [-0.39, 0.29) is 0 Å². The molecular weight excluding hydrogens is 391 g/mol. The first kappa shape index (κ1) is 15.0. The van der Waals surface area contributed by atoms with Gasteiger partial charge in [-0.15, -0.1) is 0 Å². The van der Waals surface area contributed by atoms with Crippen LogP contribution in [-0.2, 0) is 0 Å². The molecule has 0 spiro atoms. The van der Waals surface area contributed by atoms with Crippen molar-refractivity contribution in [3.8, 4) is 0 Å². The Morgan fingerprint density at radius 2 is 1.68 bits per heavy atom. The maximum absolute atomic E-state index is 10.5. The van der Waals surface area contributed by atoms with E-state index in [9.17, 15) is 5.11 Å². The third-order valence-electron chi connectivity index (χ3n) is 3.04. The summed E-state index contributed by atoms with van der Waals surface area (Å²) in [6.45, 7) is 4.00. The predicted octanol–water partition coefficient (Wildman–Crippen LogP) is 5.56. The summed E-state index contributed by atoms with van der Waals surface area (Å²) in [5.41, 5.74) is 3.82. The first-order chi connectivity index (χ1) is 8.88. The minimum atomic E-state index is -0.679. The lowest BCUT2D eigenvalue weighted by Gasteiger charge is -2.16. The van der Waals surface area contributed by atoms with Gasteiger partial charge < -0.3 is 5.11 Å². The molecule has 2 aromatic rings. The van der Waals surface area contributed by atoms with Crippen molar-refractivity contribution >= 4 is 43.5 Å². The van der Waals surface area contributed by atoms with Gasteiger partial charge in [0.15, 0.2) is 0 Å². The number of aliphatic hydroxyl groups is 1. The van der Waals surface area contributed by atoms with Crippen molar-refractivity contribution in [3.63, 3.8) is 0 Å². The van der Waals surface area contributed by atoms with Crippen molar-refractivity contribution in [1.29, 1.82) is 0 Å². The molecule has 0 aromatic heterocycles. The Hall–Kier alpha value is -0.350. The van der Waals surface area contributed by atoms with Gasteiger partial charge >= 0.3 is 0 Å². The van der Waals surface area contributed by atoms with Crippen LogP contribution in [0.2, 0.25) is 5.02 Å². The van der Waals surface area contributed by atoms with Crippen molar-refractivity contribution < 1.29 is 5.11 Å². The van der Waals surface area contributed by atoms with Crippen molar-refractivity contribution in [3.05, 3.63) is 66.6 Å². The first-order valence-corrected chi connectivity index (χ1v) is 7.75. The highest BCUT2D eigenvalue weighted by Crippen LogP contribution is 2.32. The molecule has 0 fully saturated rings. The predicted molar refractivity (Wildman–Crippen MR) is 86.8 cm³/mol. The van der Waals surface area contributed by atoms with Gasteiger partial charge in [-0.2, -0.15) is 0 Å². The lowest BCUT2D eigenvalue weighted by atomic mass is 9.96. The molecule has 1 nitrogen and oxygen atoms in total. The maximum atomic E-state index is 10.5. The van der Waals surface area contributed by atoms with Gasteiger partial charge in [0.1, 0.15) is 6.10 Å². The second-order valence-electron chi connectivity index (χ2n) is 4.56. The highest BCUT2D eigenvalue weighted by molar-refractivity contribution is 9.10. The smallest absolute Gasteiger partial charge is 0.104 e. The average molecular weight is 405 g/mol. The van der Waals surface area contributed by atoms with Crippen LogP contribution in [0.15, 0.2) is 39.3 Å². The average Bonchev–Trinajstić information content (AvgIpc) is 2.31. The number of halogens is 3. The fraction of sp³-hybridized carbons (Fsp3) is 0.200. The second kappa shape index (κ2) is 5.96. The van der Waals surface area contributed by atoms with Crippen molar-refractivity contribution in [1.82, 2.24) is 0 Å². The van der Waals surface area contributed by atoms with Gasteiger partial charge in [0.2, 0.25) is 0 Å². The molecule has 19 heavy (non-hydrogen) atoms. The molecule has 1 unspecified atom stereocenters. The summed E-state index contributed by atoms with van der Waals surface area (Å²) in [7, 11) is 0. The van der Waals surface area contributed by atoms with E-state index in [0.717, 1.165) is 31.2 Å². The summed E-state index contributed by atoms with van der Waals surface area (Å²) >= 11 is 12.9. The second-order valence-corrected chi connectivity index (χ2v) is 6.77. The van der Waals surface area contributed by atoms with Crippen LogP contribution in [0.1, 0.15) is 28.4 Å². The van der Waals surface area contributed by atoms with Crippen LogP contribution >= 0.6 is 43.5 Å². The number of aliphatic hydroxyl groups excluding tert-OH is 1. The molecule has 1 atom stereocenters. The zero-order valence-electron chi connectivity index (χ0n) is 10.5. The van der Waals surface area contributed by atoms with Crippen LogP contribution in [0.25, 0.3) is 0 Å². The maximum Gasteiger partial charge on any atom is 0.104 e. The number of aryl methyl sites for hydroxylation is 2. The Morgan fingerprint density at radius 1 is 1.00 bits per heavy atom. The van der Waals surface area contributed by atoms with E-state index in [2.05, 4.69) is 31.9 Å². The molecule has 2 aromatic carbocycles. The van der Waals surface area contributed by atoms with Gasteiger partial charge in [-0.1, -0.05) is 49.5 Å². The Bertz CT molecular complexity index is 606. The van der Waals surface area contributed by atoms with E-state index in [1.165, 1.54) is 0 Å². The Morgan fingerprint density at radius 3 is 2.32 bits per heavy atom. The Labute approximate surface area is 134 Å². The van der Waals surface area contributed by atoms with Crippen molar-refractivity contribution in [2.45, 2.75) is 20.0 Å². The minimum Gasteiger partial charge on any atom is -0.384 e. The molecule has 0 aliphatic rings. The van der Waals surface area contributed by atoms with Gasteiger partial charge in [-0.3, -0.25) is 0 Å². The highest BCUT2D eigenvalue weighted by atomic mass is 79.9. The zero-order valence-corrected chi connectivity index (χ0v) is 14.5. The lowest BCUT2D eigenvalue weighted by molar-refractivity contribution is 0.219. The largest absolute Gasteiger partial charge is 0.384 e. The third-order valence-corrected chi connectivity index (χ3v) is 4.57. The summed E-state index contributed by atoms with van der Waals surface area (Å²) < 4.78 is 1.91. The normalized spacial score (nSPS) is 12.5. The van der Waals surface area contributed by atoms with E-state index in [1.807, 2.05) is 32.0 Å². The molecule has 0 bridgehead atoms. The van der Waals surface area contributed by atoms with Crippen LogP contribution in [0.4, 0.5) is 0 Å². The van der Waals surface area contributed by atoms with Gasteiger partial charge in [-0.05, 0) is 60.4 Å².